The molecule has 20 heavy (non-hydrogen) atoms. The molecule has 106 valence electrons. The molecule has 0 unspecified atom stereocenters. The van der Waals surface area contributed by atoms with E-state index in [0.29, 0.717) is 23.3 Å². The van der Waals surface area contributed by atoms with Gasteiger partial charge in [0, 0.05) is 23.5 Å². The predicted octanol–water partition coefficient (Wildman–Crippen LogP) is 4.60. The van der Waals surface area contributed by atoms with Crippen LogP contribution in [-0.4, -0.2) is 9.97 Å². The summed E-state index contributed by atoms with van der Waals surface area (Å²) in [6.45, 7) is 2.51. The Balaban J connectivity index is 2.12. The first-order valence-corrected chi connectivity index (χ1v) is 7.47. The Morgan fingerprint density at radius 2 is 2.10 bits per heavy atom. The summed E-state index contributed by atoms with van der Waals surface area (Å²) < 4.78 is 14.1. The number of anilines is 1. The van der Waals surface area contributed by atoms with Gasteiger partial charge in [-0.2, -0.15) is 0 Å². The lowest BCUT2D eigenvalue weighted by atomic mass is 10.2. The minimum absolute atomic E-state index is 0.266. The molecule has 0 saturated heterocycles. The highest BCUT2D eigenvalue weighted by atomic mass is 79.9. The molecule has 0 amide bonds. The second kappa shape index (κ2) is 6.99. The predicted molar refractivity (Wildman–Crippen MR) is 82.5 cm³/mol. The van der Waals surface area contributed by atoms with Crippen LogP contribution >= 0.6 is 27.5 Å². The van der Waals surface area contributed by atoms with Crippen molar-refractivity contribution in [1.82, 2.24) is 9.97 Å². The summed E-state index contributed by atoms with van der Waals surface area (Å²) in [6, 6.07) is 6.23. The maximum atomic E-state index is 13.2. The van der Waals surface area contributed by atoms with Gasteiger partial charge in [0.2, 0.25) is 0 Å². The molecule has 1 aromatic carbocycles. The monoisotopic (exact) mass is 357 g/mol. The van der Waals surface area contributed by atoms with Crippen molar-refractivity contribution in [3.05, 3.63) is 51.1 Å². The van der Waals surface area contributed by atoms with Gasteiger partial charge in [0.15, 0.2) is 0 Å². The third-order valence-corrected chi connectivity index (χ3v) is 3.65. The molecule has 0 fully saturated rings. The van der Waals surface area contributed by atoms with Gasteiger partial charge in [-0.25, -0.2) is 14.4 Å². The Morgan fingerprint density at radius 1 is 1.30 bits per heavy atom. The van der Waals surface area contributed by atoms with Crippen LogP contribution < -0.4 is 5.32 Å². The molecule has 6 heteroatoms. The second-order valence-corrected chi connectivity index (χ2v) is 5.57. The summed E-state index contributed by atoms with van der Waals surface area (Å²) in [6.07, 6.45) is 1.73. The highest BCUT2D eigenvalue weighted by Gasteiger charge is 2.05. The fourth-order valence-corrected chi connectivity index (χ4v) is 2.34. The number of nitrogens with zero attached hydrogens (tertiary/aromatic N) is 2. The molecule has 0 aliphatic rings. The smallest absolute Gasteiger partial charge is 0.134 e. The van der Waals surface area contributed by atoms with Crippen LogP contribution in [0.5, 0.6) is 0 Å². The van der Waals surface area contributed by atoms with Crippen molar-refractivity contribution in [1.29, 1.82) is 0 Å². The van der Waals surface area contributed by atoms with E-state index in [1.54, 1.807) is 12.1 Å². The summed E-state index contributed by atoms with van der Waals surface area (Å²) >= 11 is 9.36. The second-order valence-electron chi connectivity index (χ2n) is 4.33. The Hall–Kier alpha value is -1.20. The van der Waals surface area contributed by atoms with E-state index in [9.17, 15) is 4.39 Å². The van der Waals surface area contributed by atoms with Crippen LogP contribution in [0.3, 0.4) is 0 Å². The van der Waals surface area contributed by atoms with Gasteiger partial charge in [-0.3, -0.25) is 0 Å². The molecular formula is C14H14BrClFN3. The maximum Gasteiger partial charge on any atom is 0.134 e. The van der Waals surface area contributed by atoms with E-state index in [-0.39, 0.29) is 5.82 Å². The minimum atomic E-state index is -0.266. The molecule has 0 bridgehead atoms. The van der Waals surface area contributed by atoms with Crippen molar-refractivity contribution in [3.8, 4) is 0 Å². The Bertz CT molecular complexity index is 607. The molecule has 0 atom stereocenters. The average Bonchev–Trinajstić information content (AvgIpc) is 2.40. The van der Waals surface area contributed by atoms with Gasteiger partial charge in [0.25, 0.3) is 0 Å². The van der Waals surface area contributed by atoms with E-state index >= 15 is 0 Å². The van der Waals surface area contributed by atoms with Gasteiger partial charge in [0.05, 0.1) is 0 Å². The third kappa shape index (κ3) is 4.15. The Morgan fingerprint density at radius 3 is 2.85 bits per heavy atom. The SMILES string of the molecule is CCCc1nc(Cl)cc(NCc2cc(F)ccc2Br)n1. The van der Waals surface area contributed by atoms with Gasteiger partial charge in [-0.1, -0.05) is 34.5 Å². The lowest BCUT2D eigenvalue weighted by Crippen LogP contribution is -2.05. The zero-order chi connectivity index (χ0) is 14.5. The van der Waals surface area contributed by atoms with Crippen molar-refractivity contribution in [3.63, 3.8) is 0 Å². The number of hydrogen-bond acceptors (Lipinski definition) is 3. The van der Waals surface area contributed by atoms with E-state index in [4.69, 9.17) is 11.6 Å². The zero-order valence-electron chi connectivity index (χ0n) is 11.0. The molecule has 1 heterocycles. The van der Waals surface area contributed by atoms with Crippen LogP contribution in [0, 0.1) is 5.82 Å². The van der Waals surface area contributed by atoms with Crippen molar-refractivity contribution in [2.45, 2.75) is 26.3 Å². The van der Waals surface area contributed by atoms with Crippen molar-refractivity contribution < 1.29 is 4.39 Å². The molecule has 0 aliphatic carbocycles. The fourth-order valence-electron chi connectivity index (χ4n) is 1.76. The van der Waals surface area contributed by atoms with Gasteiger partial charge in [0.1, 0.15) is 22.6 Å². The minimum Gasteiger partial charge on any atom is -0.366 e. The number of rotatable bonds is 5. The van der Waals surface area contributed by atoms with Crippen LogP contribution in [0.4, 0.5) is 10.2 Å². The number of aromatic nitrogens is 2. The van der Waals surface area contributed by atoms with E-state index in [2.05, 4.69) is 38.1 Å². The quantitative estimate of drug-likeness (QED) is 0.794. The topological polar surface area (TPSA) is 37.8 Å². The van der Waals surface area contributed by atoms with Crippen LogP contribution in [0.1, 0.15) is 24.7 Å². The first-order chi connectivity index (χ1) is 9.58. The van der Waals surface area contributed by atoms with Crippen molar-refractivity contribution >= 4 is 33.3 Å². The average molecular weight is 359 g/mol. The van der Waals surface area contributed by atoms with Crippen LogP contribution in [-0.2, 0) is 13.0 Å². The van der Waals surface area contributed by atoms with Crippen LogP contribution in [0.2, 0.25) is 5.15 Å². The maximum absolute atomic E-state index is 13.2. The van der Waals surface area contributed by atoms with E-state index in [1.165, 1.54) is 12.1 Å². The number of halogens is 3. The molecule has 0 radical (unpaired) electrons. The summed E-state index contributed by atoms with van der Waals surface area (Å²) in [5.41, 5.74) is 0.816. The summed E-state index contributed by atoms with van der Waals surface area (Å²) in [5.74, 6) is 1.09. The highest BCUT2D eigenvalue weighted by molar-refractivity contribution is 9.10. The Labute approximate surface area is 130 Å². The highest BCUT2D eigenvalue weighted by Crippen LogP contribution is 2.20. The molecular weight excluding hydrogens is 345 g/mol. The van der Waals surface area contributed by atoms with E-state index < -0.39 is 0 Å². The van der Waals surface area contributed by atoms with Crippen molar-refractivity contribution in [2.75, 3.05) is 5.32 Å². The first kappa shape index (κ1) is 15.2. The van der Waals surface area contributed by atoms with Crippen LogP contribution in [0.15, 0.2) is 28.7 Å². The molecule has 0 saturated carbocycles. The number of hydrogen-bond donors (Lipinski definition) is 1. The molecule has 1 aromatic heterocycles. The number of nitrogens with one attached hydrogen (secondary N) is 1. The lowest BCUT2D eigenvalue weighted by molar-refractivity contribution is 0.625. The lowest BCUT2D eigenvalue weighted by Gasteiger charge is -2.09. The largest absolute Gasteiger partial charge is 0.366 e. The Kier molecular flexibility index (Phi) is 5.31. The molecule has 0 aliphatic heterocycles. The third-order valence-electron chi connectivity index (χ3n) is 2.68. The van der Waals surface area contributed by atoms with Gasteiger partial charge in [-0.15, -0.1) is 0 Å². The molecule has 0 spiro atoms. The standard InChI is InChI=1S/C14H14BrClFN3/c1-2-3-13-19-12(16)7-14(20-13)18-8-9-6-10(17)4-5-11(9)15/h4-7H,2-3,8H2,1H3,(H,18,19,20). The van der Waals surface area contributed by atoms with Crippen LogP contribution in [0.25, 0.3) is 0 Å². The normalized spacial score (nSPS) is 10.6. The molecule has 2 rings (SSSR count). The summed E-state index contributed by atoms with van der Waals surface area (Å²) in [4.78, 5) is 8.53. The molecule has 1 N–H and O–H groups in total. The fraction of sp³-hybridized carbons (Fsp3) is 0.286. The zero-order valence-corrected chi connectivity index (χ0v) is 13.3. The van der Waals surface area contributed by atoms with Gasteiger partial charge < -0.3 is 5.32 Å². The van der Waals surface area contributed by atoms with Crippen molar-refractivity contribution in [2.24, 2.45) is 0 Å². The summed E-state index contributed by atoms with van der Waals surface area (Å²) in [7, 11) is 0. The number of aryl methyl sites for hydroxylation is 1. The van der Waals surface area contributed by atoms with Gasteiger partial charge in [-0.05, 0) is 30.2 Å². The van der Waals surface area contributed by atoms with Gasteiger partial charge >= 0.3 is 0 Å². The van der Waals surface area contributed by atoms with E-state index in [0.717, 1.165) is 22.9 Å². The van der Waals surface area contributed by atoms with E-state index in [1.807, 2.05) is 0 Å². The molecule has 2 aromatic rings. The number of benzene rings is 1. The first-order valence-electron chi connectivity index (χ1n) is 6.29. The molecule has 3 nitrogen and oxygen atoms in total. The summed E-state index contributed by atoms with van der Waals surface area (Å²) in [5, 5.41) is 3.54.